The Labute approximate surface area is 101 Å². The molecule has 0 saturated carbocycles. The maximum atomic E-state index is 10.3. The summed E-state index contributed by atoms with van der Waals surface area (Å²) in [5.74, 6) is 0.117. The number of aromatic nitrogens is 2. The van der Waals surface area contributed by atoms with Gasteiger partial charge in [-0.15, -0.1) is 10.2 Å². The van der Waals surface area contributed by atoms with E-state index in [1.807, 2.05) is 0 Å². The normalized spacial score (nSPS) is 11.5. The Kier molecular flexibility index (Phi) is 5.39. The molecule has 0 aliphatic heterocycles. The zero-order valence-corrected chi connectivity index (χ0v) is 10.2. The van der Waals surface area contributed by atoms with E-state index in [0.717, 1.165) is 31.8 Å². The second-order valence-corrected chi connectivity index (χ2v) is 3.92. The minimum atomic E-state index is -1.02. The van der Waals surface area contributed by atoms with Crippen LogP contribution in [0.2, 0.25) is 0 Å². The molecule has 5 heteroatoms. The number of hydrogen-bond donors (Lipinski definition) is 1. The van der Waals surface area contributed by atoms with Crippen molar-refractivity contribution in [2.45, 2.75) is 45.4 Å². The van der Waals surface area contributed by atoms with Gasteiger partial charge in [0.2, 0.25) is 11.8 Å². The Bertz CT molecular complexity index is 379. The van der Waals surface area contributed by atoms with Crippen LogP contribution >= 0.6 is 0 Å². The van der Waals surface area contributed by atoms with Crippen LogP contribution in [-0.4, -0.2) is 21.3 Å². The van der Waals surface area contributed by atoms with Crippen molar-refractivity contribution in [3.63, 3.8) is 0 Å². The Morgan fingerprint density at radius 3 is 2.53 bits per heavy atom. The van der Waals surface area contributed by atoms with Gasteiger partial charge in [-0.3, -0.25) is 0 Å². The molecule has 1 N–H and O–H groups in total. The van der Waals surface area contributed by atoms with Crippen molar-refractivity contribution in [2.75, 3.05) is 0 Å². The molecular weight excluding hydrogens is 220 g/mol. The van der Waals surface area contributed by atoms with E-state index in [2.05, 4.69) is 24.0 Å². The minimum absolute atomic E-state index is 0.250. The third-order valence-corrected chi connectivity index (χ3v) is 2.45. The Balaban J connectivity index is 2.73. The van der Waals surface area contributed by atoms with E-state index >= 15 is 0 Å². The number of aliphatic carboxylic acids is 1. The van der Waals surface area contributed by atoms with E-state index in [4.69, 9.17) is 9.52 Å². The van der Waals surface area contributed by atoms with Crippen molar-refractivity contribution in [3.05, 3.63) is 17.9 Å². The molecule has 1 aromatic rings. The molecule has 0 saturated heterocycles. The van der Waals surface area contributed by atoms with E-state index in [0.29, 0.717) is 5.89 Å². The SMILES string of the molecule is CCCC(CCC)c1nnc(/C=C/C(=O)O)o1. The number of carbonyl (C=O) groups is 1. The molecule has 0 radical (unpaired) electrons. The average Bonchev–Trinajstić information content (AvgIpc) is 2.74. The van der Waals surface area contributed by atoms with Crippen LogP contribution in [0.1, 0.15) is 57.2 Å². The van der Waals surface area contributed by atoms with Crippen LogP contribution in [0.25, 0.3) is 6.08 Å². The van der Waals surface area contributed by atoms with Gasteiger partial charge in [0.1, 0.15) is 0 Å². The first kappa shape index (κ1) is 13.4. The largest absolute Gasteiger partial charge is 0.478 e. The van der Waals surface area contributed by atoms with E-state index < -0.39 is 5.97 Å². The van der Waals surface area contributed by atoms with E-state index in [9.17, 15) is 4.79 Å². The summed E-state index contributed by atoms with van der Waals surface area (Å²) in [7, 11) is 0. The molecule has 0 amide bonds. The Morgan fingerprint density at radius 1 is 1.35 bits per heavy atom. The first-order valence-electron chi connectivity index (χ1n) is 5.91. The van der Waals surface area contributed by atoms with E-state index in [1.165, 1.54) is 6.08 Å². The average molecular weight is 238 g/mol. The highest BCUT2D eigenvalue weighted by Gasteiger charge is 2.16. The summed E-state index contributed by atoms with van der Waals surface area (Å²) in [5.41, 5.74) is 0. The standard InChI is InChI=1S/C12H18N2O3/c1-3-5-9(6-4-2)12-14-13-10(17-12)7-8-11(15)16/h7-9H,3-6H2,1-2H3,(H,15,16)/b8-7+. The van der Waals surface area contributed by atoms with Crippen molar-refractivity contribution < 1.29 is 14.3 Å². The van der Waals surface area contributed by atoms with Gasteiger partial charge in [-0.1, -0.05) is 26.7 Å². The summed E-state index contributed by atoms with van der Waals surface area (Å²) in [6.07, 6.45) is 6.46. The molecule has 1 aromatic heterocycles. The second-order valence-electron chi connectivity index (χ2n) is 3.92. The smallest absolute Gasteiger partial charge is 0.328 e. The number of hydrogen-bond acceptors (Lipinski definition) is 4. The molecule has 0 atom stereocenters. The van der Waals surface area contributed by atoms with Crippen LogP contribution in [0.15, 0.2) is 10.5 Å². The van der Waals surface area contributed by atoms with Gasteiger partial charge < -0.3 is 9.52 Å². The number of carboxylic acid groups (broad SMARTS) is 1. The maximum absolute atomic E-state index is 10.3. The summed E-state index contributed by atoms with van der Waals surface area (Å²) in [5, 5.41) is 16.3. The van der Waals surface area contributed by atoms with Crippen molar-refractivity contribution in [1.82, 2.24) is 10.2 Å². The molecule has 0 aliphatic rings. The van der Waals surface area contributed by atoms with Crippen LogP contribution in [0, 0.1) is 0 Å². The lowest BCUT2D eigenvalue weighted by Crippen LogP contribution is -1.98. The predicted octanol–water partition coefficient (Wildman–Crippen LogP) is 2.85. The van der Waals surface area contributed by atoms with Gasteiger partial charge in [0.15, 0.2) is 0 Å². The quantitative estimate of drug-likeness (QED) is 0.739. The monoisotopic (exact) mass is 238 g/mol. The summed E-state index contributed by atoms with van der Waals surface area (Å²) in [4.78, 5) is 10.3. The minimum Gasteiger partial charge on any atom is -0.478 e. The van der Waals surface area contributed by atoms with Gasteiger partial charge in [0.05, 0.1) is 0 Å². The van der Waals surface area contributed by atoms with E-state index in [-0.39, 0.29) is 11.8 Å². The van der Waals surface area contributed by atoms with Crippen molar-refractivity contribution in [1.29, 1.82) is 0 Å². The maximum Gasteiger partial charge on any atom is 0.328 e. The fourth-order valence-corrected chi connectivity index (χ4v) is 1.71. The number of nitrogens with zero attached hydrogens (tertiary/aromatic N) is 2. The molecule has 0 bridgehead atoms. The van der Waals surface area contributed by atoms with Crippen LogP contribution in [-0.2, 0) is 4.79 Å². The molecule has 1 heterocycles. The number of rotatable bonds is 7. The fourth-order valence-electron chi connectivity index (χ4n) is 1.71. The van der Waals surface area contributed by atoms with Gasteiger partial charge in [0.25, 0.3) is 0 Å². The second kappa shape index (κ2) is 6.83. The molecule has 5 nitrogen and oxygen atoms in total. The lowest BCUT2D eigenvalue weighted by Gasteiger charge is -2.09. The summed E-state index contributed by atoms with van der Waals surface area (Å²) in [6.45, 7) is 4.23. The lowest BCUT2D eigenvalue weighted by atomic mass is 9.98. The third kappa shape index (κ3) is 4.38. The van der Waals surface area contributed by atoms with Crippen LogP contribution in [0.5, 0.6) is 0 Å². The fraction of sp³-hybridized carbons (Fsp3) is 0.583. The summed E-state index contributed by atoms with van der Waals surface area (Å²) >= 11 is 0. The van der Waals surface area contributed by atoms with Crippen LogP contribution in [0.3, 0.4) is 0 Å². The third-order valence-electron chi connectivity index (χ3n) is 2.45. The zero-order valence-electron chi connectivity index (χ0n) is 10.2. The van der Waals surface area contributed by atoms with Gasteiger partial charge in [-0.2, -0.15) is 0 Å². The zero-order chi connectivity index (χ0) is 12.7. The van der Waals surface area contributed by atoms with Crippen molar-refractivity contribution >= 4 is 12.0 Å². The van der Waals surface area contributed by atoms with Crippen molar-refractivity contribution in [2.24, 2.45) is 0 Å². The Morgan fingerprint density at radius 2 is 2.00 bits per heavy atom. The number of carboxylic acids is 1. The van der Waals surface area contributed by atoms with Gasteiger partial charge in [-0.05, 0) is 12.8 Å². The molecule has 0 fully saturated rings. The molecule has 0 spiro atoms. The first-order chi connectivity index (χ1) is 8.17. The highest BCUT2D eigenvalue weighted by Crippen LogP contribution is 2.25. The molecule has 0 aromatic carbocycles. The summed E-state index contributed by atoms with van der Waals surface area (Å²) in [6, 6.07) is 0. The van der Waals surface area contributed by atoms with E-state index in [1.54, 1.807) is 0 Å². The van der Waals surface area contributed by atoms with Crippen LogP contribution in [0.4, 0.5) is 0 Å². The van der Waals surface area contributed by atoms with Gasteiger partial charge in [0, 0.05) is 18.1 Å². The highest BCUT2D eigenvalue weighted by atomic mass is 16.4. The first-order valence-corrected chi connectivity index (χ1v) is 5.91. The van der Waals surface area contributed by atoms with Crippen LogP contribution < -0.4 is 0 Å². The summed E-state index contributed by atoms with van der Waals surface area (Å²) < 4.78 is 5.43. The molecule has 1 rings (SSSR count). The molecule has 0 aliphatic carbocycles. The lowest BCUT2D eigenvalue weighted by molar-refractivity contribution is -0.131. The predicted molar refractivity (Wildman–Crippen MR) is 63.5 cm³/mol. The Hall–Kier alpha value is -1.65. The molecule has 0 unspecified atom stereocenters. The topological polar surface area (TPSA) is 76.2 Å². The van der Waals surface area contributed by atoms with Crippen molar-refractivity contribution in [3.8, 4) is 0 Å². The highest BCUT2D eigenvalue weighted by molar-refractivity contribution is 5.84. The van der Waals surface area contributed by atoms with Gasteiger partial charge in [-0.25, -0.2) is 4.79 Å². The van der Waals surface area contributed by atoms with Gasteiger partial charge >= 0.3 is 5.97 Å². The molecule has 17 heavy (non-hydrogen) atoms. The molecule has 94 valence electrons. The molecular formula is C12H18N2O3.